The van der Waals surface area contributed by atoms with Crippen LogP contribution in [0.1, 0.15) is 16.8 Å². The van der Waals surface area contributed by atoms with Crippen LogP contribution in [0, 0.1) is 0 Å². The van der Waals surface area contributed by atoms with E-state index in [9.17, 15) is 4.79 Å². The summed E-state index contributed by atoms with van der Waals surface area (Å²) in [5, 5.41) is 10.1. The van der Waals surface area contributed by atoms with Gasteiger partial charge in [0.1, 0.15) is 0 Å². The van der Waals surface area contributed by atoms with Crippen molar-refractivity contribution in [3.63, 3.8) is 0 Å². The molecule has 0 aliphatic carbocycles. The van der Waals surface area contributed by atoms with Crippen LogP contribution in [0.5, 0.6) is 0 Å². The molecule has 1 aromatic heterocycles. The summed E-state index contributed by atoms with van der Waals surface area (Å²) in [6.45, 7) is 1.44. The predicted octanol–water partition coefficient (Wildman–Crippen LogP) is 2.38. The number of benzene rings is 1. The Kier molecular flexibility index (Phi) is 3.44. The molecular formula is C13H15NO3. The molecule has 1 N–H and O–H groups in total. The highest BCUT2D eigenvalue weighted by atomic mass is 16.5. The number of ether oxygens (including phenoxy) is 1. The molecule has 1 heterocycles. The summed E-state index contributed by atoms with van der Waals surface area (Å²) in [7, 11) is 1.66. The quantitative estimate of drug-likeness (QED) is 0.807. The first-order chi connectivity index (χ1) is 8.24. The maximum Gasteiger partial charge on any atom is 0.337 e. The number of carboxylic acid groups (broad SMARTS) is 1. The van der Waals surface area contributed by atoms with Crippen molar-refractivity contribution >= 4 is 16.9 Å². The summed E-state index contributed by atoms with van der Waals surface area (Å²) in [5.41, 5.74) is 1.14. The average molecular weight is 233 g/mol. The predicted molar refractivity (Wildman–Crippen MR) is 65.4 cm³/mol. The van der Waals surface area contributed by atoms with Gasteiger partial charge in [-0.05, 0) is 18.6 Å². The summed E-state index contributed by atoms with van der Waals surface area (Å²) in [5.74, 6) is -0.887. The lowest BCUT2D eigenvalue weighted by Gasteiger charge is -2.07. The van der Waals surface area contributed by atoms with Crippen molar-refractivity contribution in [1.29, 1.82) is 0 Å². The Hall–Kier alpha value is -1.81. The first kappa shape index (κ1) is 11.7. The SMILES string of the molecule is COCCCn1ccc2cccc(C(=O)O)c21. The molecule has 0 atom stereocenters. The highest BCUT2D eigenvalue weighted by molar-refractivity contribution is 6.02. The Morgan fingerprint density at radius 2 is 2.24 bits per heavy atom. The van der Waals surface area contributed by atoms with Gasteiger partial charge in [-0.2, -0.15) is 0 Å². The van der Waals surface area contributed by atoms with E-state index in [1.807, 2.05) is 22.9 Å². The molecule has 0 fully saturated rings. The van der Waals surface area contributed by atoms with E-state index >= 15 is 0 Å². The maximum atomic E-state index is 11.2. The largest absolute Gasteiger partial charge is 0.478 e. The molecule has 1 aromatic carbocycles. The second-order valence-corrected chi connectivity index (χ2v) is 3.90. The molecular weight excluding hydrogens is 218 g/mol. The lowest BCUT2D eigenvalue weighted by Crippen LogP contribution is -2.04. The van der Waals surface area contributed by atoms with Crippen molar-refractivity contribution in [3.05, 3.63) is 36.0 Å². The monoisotopic (exact) mass is 233 g/mol. The third-order valence-electron chi connectivity index (χ3n) is 2.77. The van der Waals surface area contributed by atoms with Gasteiger partial charge in [-0.3, -0.25) is 0 Å². The summed E-state index contributed by atoms with van der Waals surface area (Å²) in [6.07, 6.45) is 2.79. The van der Waals surface area contributed by atoms with Crippen LogP contribution >= 0.6 is 0 Å². The second kappa shape index (κ2) is 5.01. The number of aromatic nitrogens is 1. The highest BCUT2D eigenvalue weighted by Crippen LogP contribution is 2.20. The normalized spacial score (nSPS) is 10.9. The first-order valence-corrected chi connectivity index (χ1v) is 5.54. The third-order valence-corrected chi connectivity index (χ3v) is 2.77. The Morgan fingerprint density at radius 3 is 2.94 bits per heavy atom. The van der Waals surface area contributed by atoms with Gasteiger partial charge in [-0.15, -0.1) is 0 Å². The Balaban J connectivity index is 2.39. The molecule has 2 rings (SSSR count). The molecule has 0 saturated carbocycles. The molecule has 0 amide bonds. The van der Waals surface area contributed by atoms with Crippen molar-refractivity contribution in [1.82, 2.24) is 4.57 Å². The van der Waals surface area contributed by atoms with Gasteiger partial charge in [0.2, 0.25) is 0 Å². The van der Waals surface area contributed by atoms with E-state index < -0.39 is 5.97 Å². The van der Waals surface area contributed by atoms with Crippen molar-refractivity contribution < 1.29 is 14.6 Å². The number of aromatic carboxylic acids is 1. The highest BCUT2D eigenvalue weighted by Gasteiger charge is 2.11. The fraction of sp³-hybridized carbons (Fsp3) is 0.308. The van der Waals surface area contributed by atoms with E-state index in [0.29, 0.717) is 12.2 Å². The standard InChI is InChI=1S/C13H15NO3/c1-17-9-3-7-14-8-6-10-4-2-5-11(12(10)14)13(15)16/h2,4-6,8H,3,7,9H2,1H3,(H,15,16). The van der Waals surface area contributed by atoms with E-state index in [1.165, 1.54) is 0 Å². The van der Waals surface area contributed by atoms with Crippen molar-refractivity contribution in [2.75, 3.05) is 13.7 Å². The van der Waals surface area contributed by atoms with Crippen LogP contribution in [0.15, 0.2) is 30.5 Å². The zero-order valence-corrected chi connectivity index (χ0v) is 9.72. The van der Waals surface area contributed by atoms with E-state index in [1.54, 1.807) is 19.2 Å². The third kappa shape index (κ3) is 2.31. The Morgan fingerprint density at radius 1 is 1.41 bits per heavy atom. The Bertz CT molecular complexity index is 530. The van der Waals surface area contributed by atoms with Gasteiger partial charge in [0.15, 0.2) is 0 Å². The smallest absolute Gasteiger partial charge is 0.337 e. The van der Waals surface area contributed by atoms with Crippen molar-refractivity contribution in [3.8, 4) is 0 Å². The number of hydrogen-bond donors (Lipinski definition) is 1. The van der Waals surface area contributed by atoms with Gasteiger partial charge in [0, 0.05) is 31.8 Å². The fourth-order valence-electron chi connectivity index (χ4n) is 2.00. The van der Waals surface area contributed by atoms with Gasteiger partial charge in [0.25, 0.3) is 0 Å². The lowest BCUT2D eigenvalue weighted by atomic mass is 10.1. The molecule has 17 heavy (non-hydrogen) atoms. The van der Waals surface area contributed by atoms with Crippen LogP contribution in [-0.2, 0) is 11.3 Å². The van der Waals surface area contributed by atoms with Crippen LogP contribution in [0.4, 0.5) is 0 Å². The maximum absolute atomic E-state index is 11.2. The van der Waals surface area contributed by atoms with Crippen LogP contribution in [0.2, 0.25) is 0 Å². The molecule has 4 heteroatoms. The number of nitrogens with zero attached hydrogens (tertiary/aromatic N) is 1. The number of carboxylic acids is 1. The molecule has 0 spiro atoms. The lowest BCUT2D eigenvalue weighted by molar-refractivity contribution is 0.0698. The van der Waals surface area contributed by atoms with Gasteiger partial charge < -0.3 is 14.4 Å². The molecule has 0 saturated heterocycles. The molecule has 90 valence electrons. The molecule has 0 aliphatic rings. The van der Waals surface area contributed by atoms with Crippen LogP contribution in [-0.4, -0.2) is 29.4 Å². The minimum absolute atomic E-state index is 0.352. The van der Waals surface area contributed by atoms with E-state index in [4.69, 9.17) is 9.84 Å². The average Bonchev–Trinajstić information content (AvgIpc) is 2.73. The number of fused-ring (bicyclic) bond motifs is 1. The zero-order valence-electron chi connectivity index (χ0n) is 9.72. The number of carbonyl (C=O) groups is 1. The van der Waals surface area contributed by atoms with Gasteiger partial charge >= 0.3 is 5.97 Å². The van der Waals surface area contributed by atoms with Crippen molar-refractivity contribution in [2.24, 2.45) is 0 Å². The molecule has 2 aromatic rings. The number of methoxy groups -OCH3 is 1. The van der Waals surface area contributed by atoms with Crippen LogP contribution in [0.3, 0.4) is 0 Å². The summed E-state index contributed by atoms with van der Waals surface area (Å²) in [4.78, 5) is 11.2. The molecule has 4 nitrogen and oxygen atoms in total. The van der Waals surface area contributed by atoms with E-state index in [2.05, 4.69) is 0 Å². The van der Waals surface area contributed by atoms with Crippen molar-refractivity contribution in [2.45, 2.75) is 13.0 Å². The number of para-hydroxylation sites is 1. The molecule has 0 aliphatic heterocycles. The number of rotatable bonds is 5. The second-order valence-electron chi connectivity index (χ2n) is 3.90. The summed E-state index contributed by atoms with van der Waals surface area (Å²) in [6, 6.07) is 7.27. The number of aryl methyl sites for hydroxylation is 1. The van der Waals surface area contributed by atoms with E-state index in [-0.39, 0.29) is 0 Å². The van der Waals surface area contributed by atoms with E-state index in [0.717, 1.165) is 23.9 Å². The Labute approximate surface area is 99.4 Å². The fourth-order valence-corrected chi connectivity index (χ4v) is 2.00. The first-order valence-electron chi connectivity index (χ1n) is 5.54. The number of hydrogen-bond acceptors (Lipinski definition) is 2. The van der Waals surface area contributed by atoms with Gasteiger partial charge in [0.05, 0.1) is 11.1 Å². The van der Waals surface area contributed by atoms with Crippen LogP contribution in [0.25, 0.3) is 10.9 Å². The topological polar surface area (TPSA) is 51.5 Å². The van der Waals surface area contributed by atoms with Gasteiger partial charge in [-0.1, -0.05) is 12.1 Å². The zero-order chi connectivity index (χ0) is 12.3. The van der Waals surface area contributed by atoms with Gasteiger partial charge in [-0.25, -0.2) is 4.79 Å². The summed E-state index contributed by atoms with van der Waals surface area (Å²) >= 11 is 0. The minimum Gasteiger partial charge on any atom is -0.478 e. The minimum atomic E-state index is -0.887. The molecule has 0 radical (unpaired) electrons. The molecule has 0 unspecified atom stereocenters. The summed E-state index contributed by atoms with van der Waals surface area (Å²) < 4.78 is 6.97. The van der Waals surface area contributed by atoms with Crippen LogP contribution < -0.4 is 0 Å². The molecule has 0 bridgehead atoms.